The second-order valence-corrected chi connectivity index (χ2v) is 5.70. The van der Waals surface area contributed by atoms with Gasteiger partial charge in [-0.25, -0.2) is 4.90 Å². The average Bonchev–Trinajstić information content (AvgIpc) is 2.52. The lowest BCUT2D eigenvalue weighted by Crippen LogP contribution is -2.47. The molecule has 0 atom stereocenters. The zero-order valence-electron chi connectivity index (χ0n) is 9.50. The Morgan fingerprint density at radius 3 is 2.59 bits per heavy atom. The summed E-state index contributed by atoms with van der Waals surface area (Å²) in [6.45, 7) is 0. The Hall–Kier alpha value is -0.260. The molecule has 2 rings (SSSR count). The molecular formula is C11H15ClN2OS2. The first kappa shape index (κ1) is 13.2. The van der Waals surface area contributed by atoms with Crippen LogP contribution in [-0.2, 0) is 4.79 Å². The first-order valence-corrected chi connectivity index (χ1v) is 7.21. The van der Waals surface area contributed by atoms with E-state index in [4.69, 9.17) is 36.0 Å². The molecule has 1 saturated carbocycles. The molecule has 1 heterocycles. The van der Waals surface area contributed by atoms with Crippen LogP contribution in [0.2, 0.25) is 0 Å². The number of halogens is 1. The summed E-state index contributed by atoms with van der Waals surface area (Å²) in [5, 5.41) is 3.71. The smallest absolute Gasteiger partial charge is 0.235 e. The van der Waals surface area contributed by atoms with E-state index < -0.39 is 0 Å². The Morgan fingerprint density at radius 2 is 2.00 bits per heavy atom. The topological polar surface area (TPSA) is 32.3 Å². The summed E-state index contributed by atoms with van der Waals surface area (Å²) in [6.07, 6.45) is 5.71. The molecule has 1 N–H and O–H groups in total. The van der Waals surface area contributed by atoms with Crippen molar-refractivity contribution in [1.29, 1.82) is 0 Å². The highest BCUT2D eigenvalue weighted by molar-refractivity contribution is 7.82. The Bertz CT molecular complexity index is 366. The fourth-order valence-corrected chi connectivity index (χ4v) is 3.59. The summed E-state index contributed by atoms with van der Waals surface area (Å²) in [5.74, 6) is 0.207. The maximum absolute atomic E-state index is 11.9. The molecule has 0 unspecified atom stereocenters. The molecule has 1 spiro atoms. The summed E-state index contributed by atoms with van der Waals surface area (Å²) in [7, 11) is 0. The molecule has 0 radical (unpaired) electrons. The van der Waals surface area contributed by atoms with Gasteiger partial charge in [0.2, 0.25) is 5.91 Å². The van der Waals surface area contributed by atoms with E-state index in [1.54, 1.807) is 0 Å². The largest absolute Gasteiger partial charge is 0.350 e. The number of carbonyl (C=O) groups is 1. The number of rotatable bonds is 2. The number of carbonyl (C=O) groups excluding carboxylic acids is 1. The zero-order chi connectivity index (χ0) is 12.5. The zero-order valence-corrected chi connectivity index (χ0v) is 11.9. The van der Waals surface area contributed by atoms with E-state index in [-0.39, 0.29) is 17.9 Å². The highest BCUT2D eigenvalue weighted by atomic mass is 35.5. The highest BCUT2D eigenvalue weighted by Gasteiger charge is 2.48. The van der Waals surface area contributed by atoms with E-state index in [1.165, 1.54) is 11.3 Å². The van der Waals surface area contributed by atoms with Gasteiger partial charge in [0.05, 0.1) is 5.54 Å². The molecule has 3 nitrogen and oxygen atoms in total. The third kappa shape index (κ3) is 2.33. The van der Waals surface area contributed by atoms with Crippen LogP contribution < -0.4 is 5.32 Å². The SMILES string of the molecule is O=C(CCCl)N1C(=S)NC2(CCCCC2)C1=S. The Balaban J connectivity index is 2.18. The van der Waals surface area contributed by atoms with Crippen molar-refractivity contribution in [2.75, 3.05) is 5.88 Å². The van der Waals surface area contributed by atoms with Crippen molar-refractivity contribution in [3.05, 3.63) is 0 Å². The van der Waals surface area contributed by atoms with Crippen LogP contribution >= 0.6 is 36.0 Å². The standard InChI is InChI=1S/C11H15ClN2OS2/c12-7-4-8(15)14-9(16)11(13-10(14)17)5-2-1-3-6-11/h1-7H2,(H,13,17). The van der Waals surface area contributed by atoms with Crippen molar-refractivity contribution in [3.63, 3.8) is 0 Å². The quantitative estimate of drug-likeness (QED) is 0.625. The van der Waals surface area contributed by atoms with Crippen molar-refractivity contribution < 1.29 is 4.79 Å². The van der Waals surface area contributed by atoms with Crippen LogP contribution in [0.5, 0.6) is 0 Å². The predicted octanol–water partition coefficient (Wildman–Crippen LogP) is 2.36. The summed E-state index contributed by atoms with van der Waals surface area (Å²) in [4.78, 5) is 14.0. The third-order valence-electron chi connectivity index (χ3n) is 3.43. The van der Waals surface area contributed by atoms with E-state index >= 15 is 0 Å². The molecule has 2 fully saturated rings. The third-order valence-corrected chi connectivity index (χ3v) is 4.47. The van der Waals surface area contributed by atoms with Crippen molar-refractivity contribution in [2.24, 2.45) is 0 Å². The van der Waals surface area contributed by atoms with E-state index in [0.717, 1.165) is 25.7 Å². The predicted molar refractivity (Wildman–Crippen MR) is 76.3 cm³/mol. The number of nitrogens with zero attached hydrogens (tertiary/aromatic N) is 1. The molecule has 0 aromatic heterocycles. The van der Waals surface area contributed by atoms with Gasteiger partial charge < -0.3 is 5.32 Å². The lowest BCUT2D eigenvalue weighted by molar-refractivity contribution is -0.124. The van der Waals surface area contributed by atoms with Crippen LogP contribution in [0.4, 0.5) is 0 Å². The van der Waals surface area contributed by atoms with E-state index in [2.05, 4.69) is 5.32 Å². The molecule has 0 aromatic rings. The molecule has 17 heavy (non-hydrogen) atoms. The van der Waals surface area contributed by atoms with Crippen LogP contribution in [0.25, 0.3) is 0 Å². The first-order valence-electron chi connectivity index (χ1n) is 5.86. The van der Waals surface area contributed by atoms with Gasteiger partial charge in [0.15, 0.2) is 5.11 Å². The average molecular weight is 291 g/mol. The van der Waals surface area contributed by atoms with Crippen LogP contribution in [0.15, 0.2) is 0 Å². The normalized spacial score (nSPS) is 23.0. The lowest BCUT2D eigenvalue weighted by atomic mass is 9.82. The summed E-state index contributed by atoms with van der Waals surface area (Å²) < 4.78 is 0. The van der Waals surface area contributed by atoms with Gasteiger partial charge in [-0.1, -0.05) is 31.5 Å². The van der Waals surface area contributed by atoms with Gasteiger partial charge in [-0.15, -0.1) is 11.6 Å². The van der Waals surface area contributed by atoms with Gasteiger partial charge in [0.1, 0.15) is 4.99 Å². The van der Waals surface area contributed by atoms with Crippen LogP contribution in [0.1, 0.15) is 38.5 Å². The fraction of sp³-hybridized carbons (Fsp3) is 0.727. The minimum absolute atomic E-state index is 0.0926. The van der Waals surface area contributed by atoms with Crippen LogP contribution in [-0.4, -0.2) is 32.3 Å². The summed E-state index contributed by atoms with van der Waals surface area (Å²) in [6, 6.07) is 0. The van der Waals surface area contributed by atoms with E-state index in [0.29, 0.717) is 16.0 Å². The number of hydrogen-bond acceptors (Lipinski definition) is 3. The van der Waals surface area contributed by atoms with Crippen molar-refractivity contribution in [3.8, 4) is 0 Å². The molecule has 1 saturated heterocycles. The molecule has 0 aromatic carbocycles. The summed E-state index contributed by atoms with van der Waals surface area (Å²) in [5.41, 5.74) is -0.243. The molecule has 1 amide bonds. The van der Waals surface area contributed by atoms with Crippen LogP contribution in [0, 0.1) is 0 Å². The molecular weight excluding hydrogens is 276 g/mol. The molecule has 2 aliphatic rings. The van der Waals surface area contributed by atoms with Gasteiger partial charge in [0, 0.05) is 12.3 Å². The number of thiocarbonyl (C=S) groups is 2. The van der Waals surface area contributed by atoms with Gasteiger partial charge >= 0.3 is 0 Å². The second kappa shape index (κ2) is 5.16. The number of nitrogens with one attached hydrogen (secondary N) is 1. The Morgan fingerprint density at radius 1 is 1.35 bits per heavy atom. The maximum atomic E-state index is 11.9. The monoisotopic (exact) mass is 290 g/mol. The minimum atomic E-state index is -0.243. The lowest BCUT2D eigenvalue weighted by Gasteiger charge is -2.32. The molecule has 1 aliphatic heterocycles. The van der Waals surface area contributed by atoms with Crippen LogP contribution in [0.3, 0.4) is 0 Å². The van der Waals surface area contributed by atoms with Crippen molar-refractivity contribution >= 4 is 52.0 Å². The molecule has 6 heteroatoms. The van der Waals surface area contributed by atoms with Gasteiger partial charge in [0.25, 0.3) is 0 Å². The molecule has 0 bridgehead atoms. The number of alkyl halides is 1. The van der Waals surface area contributed by atoms with Gasteiger partial charge in [-0.2, -0.15) is 0 Å². The summed E-state index contributed by atoms with van der Waals surface area (Å²) >= 11 is 16.3. The van der Waals surface area contributed by atoms with E-state index in [1.807, 2.05) is 0 Å². The maximum Gasteiger partial charge on any atom is 0.235 e. The number of amides is 1. The van der Waals surface area contributed by atoms with Gasteiger partial charge in [-0.05, 0) is 25.1 Å². The Kier molecular flexibility index (Phi) is 4.00. The van der Waals surface area contributed by atoms with Crippen molar-refractivity contribution in [1.82, 2.24) is 10.2 Å². The Labute approximate surface area is 117 Å². The van der Waals surface area contributed by atoms with Crippen molar-refractivity contribution in [2.45, 2.75) is 44.1 Å². The molecule has 94 valence electrons. The second-order valence-electron chi connectivity index (χ2n) is 4.55. The van der Waals surface area contributed by atoms with Gasteiger partial charge in [-0.3, -0.25) is 4.79 Å². The highest BCUT2D eigenvalue weighted by Crippen LogP contribution is 2.34. The first-order chi connectivity index (χ1) is 8.10. The fourth-order valence-electron chi connectivity index (χ4n) is 2.53. The number of hydrogen-bond donors (Lipinski definition) is 1. The minimum Gasteiger partial charge on any atom is -0.350 e. The van der Waals surface area contributed by atoms with E-state index in [9.17, 15) is 4.79 Å². The molecule has 1 aliphatic carbocycles.